The van der Waals surface area contributed by atoms with Crippen molar-refractivity contribution in [2.45, 2.75) is 25.8 Å². The highest BCUT2D eigenvalue weighted by atomic mass is 32.1. The van der Waals surface area contributed by atoms with Crippen LogP contribution in [0, 0.1) is 12.8 Å². The van der Waals surface area contributed by atoms with Gasteiger partial charge in [-0.1, -0.05) is 12.1 Å². The summed E-state index contributed by atoms with van der Waals surface area (Å²) in [4.78, 5) is 21.5. The molecular formula is C19H21N5OS. The van der Waals surface area contributed by atoms with Gasteiger partial charge < -0.3 is 15.2 Å². The molecule has 0 spiro atoms. The van der Waals surface area contributed by atoms with Crippen molar-refractivity contribution >= 4 is 23.1 Å². The van der Waals surface area contributed by atoms with Crippen molar-refractivity contribution in [3.05, 3.63) is 52.9 Å². The number of hydrogen-bond acceptors (Lipinski definition) is 4. The number of aromatic nitrogens is 3. The number of hydrogen-bond donors (Lipinski definition) is 2. The third-order valence-electron chi connectivity index (χ3n) is 4.55. The Morgan fingerprint density at radius 1 is 1.38 bits per heavy atom. The van der Waals surface area contributed by atoms with Gasteiger partial charge in [-0.25, -0.2) is 14.8 Å². The van der Waals surface area contributed by atoms with Gasteiger partial charge in [-0.2, -0.15) is 0 Å². The number of aryl methyl sites for hydroxylation is 2. The van der Waals surface area contributed by atoms with Gasteiger partial charge in [-0.3, -0.25) is 0 Å². The fourth-order valence-electron chi connectivity index (χ4n) is 3.06. The normalized spacial score (nSPS) is 14.8. The zero-order valence-electron chi connectivity index (χ0n) is 14.8. The van der Waals surface area contributed by atoms with Crippen molar-refractivity contribution in [2.24, 2.45) is 13.0 Å². The molecule has 1 fully saturated rings. The van der Waals surface area contributed by atoms with Gasteiger partial charge in [0.1, 0.15) is 5.82 Å². The first-order valence-electron chi connectivity index (χ1n) is 8.67. The third kappa shape index (κ3) is 3.62. The second kappa shape index (κ2) is 6.92. The molecule has 2 N–H and O–H groups in total. The molecule has 3 aromatic rings. The molecule has 7 heteroatoms. The van der Waals surface area contributed by atoms with Gasteiger partial charge in [0.25, 0.3) is 0 Å². The topological polar surface area (TPSA) is 71.8 Å². The Morgan fingerprint density at radius 2 is 2.23 bits per heavy atom. The minimum absolute atomic E-state index is 0.0561. The maximum Gasteiger partial charge on any atom is 0.319 e. The van der Waals surface area contributed by atoms with Gasteiger partial charge in [-0.15, -0.1) is 11.3 Å². The minimum atomic E-state index is -0.212. The molecule has 1 aromatic carbocycles. The second-order valence-electron chi connectivity index (χ2n) is 6.64. The smallest absolute Gasteiger partial charge is 0.319 e. The second-order valence-corrected chi connectivity index (χ2v) is 7.70. The molecule has 0 saturated heterocycles. The van der Waals surface area contributed by atoms with Crippen LogP contribution in [0.1, 0.15) is 29.7 Å². The fourth-order valence-corrected chi connectivity index (χ4v) is 3.68. The lowest BCUT2D eigenvalue weighted by molar-refractivity contribution is 0.246. The Bertz CT molecular complexity index is 927. The summed E-state index contributed by atoms with van der Waals surface area (Å²) in [6, 6.07) is 7.49. The molecule has 1 atom stereocenters. The average molecular weight is 367 g/mol. The predicted molar refractivity (Wildman–Crippen MR) is 103 cm³/mol. The van der Waals surface area contributed by atoms with Crippen molar-refractivity contribution in [3.8, 4) is 11.3 Å². The summed E-state index contributed by atoms with van der Waals surface area (Å²) in [7, 11) is 1.95. The number of amides is 2. The number of rotatable bonds is 5. The van der Waals surface area contributed by atoms with Gasteiger partial charge in [0.15, 0.2) is 0 Å². The van der Waals surface area contributed by atoms with E-state index in [1.54, 1.807) is 17.5 Å². The summed E-state index contributed by atoms with van der Waals surface area (Å²) < 4.78 is 1.97. The van der Waals surface area contributed by atoms with E-state index in [9.17, 15) is 4.79 Å². The van der Waals surface area contributed by atoms with Gasteiger partial charge >= 0.3 is 6.03 Å². The van der Waals surface area contributed by atoms with Crippen LogP contribution in [0.25, 0.3) is 11.3 Å². The van der Waals surface area contributed by atoms with E-state index in [4.69, 9.17) is 0 Å². The molecule has 134 valence electrons. The monoisotopic (exact) mass is 367 g/mol. The summed E-state index contributed by atoms with van der Waals surface area (Å²) in [6.45, 7) is 1.99. The summed E-state index contributed by atoms with van der Waals surface area (Å²) >= 11 is 1.62. The Kier molecular flexibility index (Phi) is 4.46. The van der Waals surface area contributed by atoms with Gasteiger partial charge in [0.05, 0.1) is 16.7 Å². The molecular weight excluding hydrogens is 346 g/mol. The van der Waals surface area contributed by atoms with E-state index in [0.29, 0.717) is 5.92 Å². The quantitative estimate of drug-likeness (QED) is 0.712. The van der Waals surface area contributed by atoms with Crippen molar-refractivity contribution in [1.82, 2.24) is 19.9 Å². The van der Waals surface area contributed by atoms with Crippen molar-refractivity contribution < 1.29 is 4.79 Å². The molecule has 1 aliphatic carbocycles. The summed E-state index contributed by atoms with van der Waals surface area (Å²) in [5.74, 6) is 1.36. The van der Waals surface area contributed by atoms with Crippen LogP contribution in [-0.4, -0.2) is 20.6 Å². The largest absolute Gasteiger partial charge is 0.336 e. The number of nitrogens with zero attached hydrogens (tertiary/aromatic N) is 3. The number of benzene rings is 1. The lowest BCUT2D eigenvalue weighted by Crippen LogP contribution is -2.35. The Balaban J connectivity index is 1.47. The maximum absolute atomic E-state index is 12.5. The molecule has 6 nitrogen and oxygen atoms in total. The van der Waals surface area contributed by atoms with Crippen LogP contribution in [-0.2, 0) is 7.05 Å². The predicted octanol–water partition coefficient (Wildman–Crippen LogP) is 4.12. The van der Waals surface area contributed by atoms with E-state index in [1.165, 1.54) is 0 Å². The summed E-state index contributed by atoms with van der Waals surface area (Å²) in [5.41, 5.74) is 2.68. The van der Waals surface area contributed by atoms with Crippen molar-refractivity contribution in [2.75, 3.05) is 5.32 Å². The average Bonchev–Trinajstić information content (AvgIpc) is 3.24. The highest BCUT2D eigenvalue weighted by Crippen LogP contribution is 2.40. The molecule has 0 radical (unpaired) electrons. The molecule has 2 heterocycles. The first kappa shape index (κ1) is 16.8. The van der Waals surface area contributed by atoms with Crippen LogP contribution in [0.15, 0.2) is 42.0 Å². The first-order chi connectivity index (χ1) is 12.6. The molecule has 0 aliphatic heterocycles. The Hall–Kier alpha value is -2.67. The van der Waals surface area contributed by atoms with Gasteiger partial charge in [0, 0.05) is 36.1 Å². The van der Waals surface area contributed by atoms with E-state index in [-0.39, 0.29) is 12.1 Å². The summed E-state index contributed by atoms with van der Waals surface area (Å²) in [6.07, 6.45) is 5.92. The number of carbonyl (C=O) groups excluding carboxylic acids is 1. The molecule has 26 heavy (non-hydrogen) atoms. The zero-order chi connectivity index (χ0) is 18.1. The fraction of sp³-hybridized carbons (Fsp3) is 0.316. The Labute approximate surface area is 156 Å². The molecule has 0 bridgehead atoms. The highest BCUT2D eigenvalue weighted by molar-refractivity contribution is 7.09. The van der Waals surface area contributed by atoms with Crippen molar-refractivity contribution in [3.63, 3.8) is 0 Å². The molecule has 4 rings (SSSR count). The Morgan fingerprint density at radius 3 is 2.88 bits per heavy atom. The first-order valence-corrected chi connectivity index (χ1v) is 9.55. The van der Waals surface area contributed by atoms with Crippen LogP contribution < -0.4 is 10.6 Å². The molecule has 1 aliphatic rings. The lowest BCUT2D eigenvalue weighted by atomic mass is 10.1. The molecule has 2 amide bonds. The molecule has 2 aromatic heterocycles. The number of urea groups is 1. The number of nitrogens with one attached hydrogen (secondary N) is 2. The third-order valence-corrected chi connectivity index (χ3v) is 5.33. The van der Waals surface area contributed by atoms with Crippen molar-refractivity contribution in [1.29, 1.82) is 0 Å². The van der Waals surface area contributed by atoms with Gasteiger partial charge in [0.2, 0.25) is 0 Å². The van der Waals surface area contributed by atoms with Crippen LogP contribution in [0.3, 0.4) is 0 Å². The number of imidazole rings is 1. The van der Waals surface area contributed by atoms with Crippen LogP contribution >= 0.6 is 11.3 Å². The summed E-state index contributed by atoms with van der Waals surface area (Å²) in [5, 5.41) is 9.08. The molecule has 1 saturated carbocycles. The maximum atomic E-state index is 12.5. The number of thiazole rings is 1. The van der Waals surface area contributed by atoms with E-state index in [2.05, 4.69) is 20.6 Å². The van der Waals surface area contributed by atoms with Crippen LogP contribution in [0.5, 0.6) is 0 Å². The highest BCUT2D eigenvalue weighted by Gasteiger charge is 2.35. The standard InChI is InChI=1S/C19H21N5OS/c1-12-21-16(11-26-12)14-4-3-5-15(10-14)22-19(25)23-17(13-6-7-13)18-20-8-9-24(18)2/h3-5,8-11,13,17H,6-7H2,1-2H3,(H2,22,23,25)/t17-/m0/s1. The number of anilines is 1. The van der Waals surface area contributed by atoms with Gasteiger partial charge in [-0.05, 0) is 37.8 Å². The number of carbonyl (C=O) groups is 1. The van der Waals surface area contributed by atoms with E-state index in [0.717, 1.165) is 40.6 Å². The van der Waals surface area contributed by atoms with E-state index >= 15 is 0 Å². The molecule has 0 unspecified atom stereocenters. The zero-order valence-corrected chi connectivity index (χ0v) is 15.6. The lowest BCUT2D eigenvalue weighted by Gasteiger charge is -2.18. The minimum Gasteiger partial charge on any atom is -0.336 e. The SMILES string of the molecule is Cc1nc(-c2cccc(NC(=O)N[C@H](c3nccn3C)C3CC3)c2)cs1. The van der Waals surface area contributed by atoms with E-state index in [1.807, 2.05) is 54.4 Å². The van der Waals surface area contributed by atoms with Crippen LogP contribution in [0.2, 0.25) is 0 Å². The van der Waals surface area contributed by atoms with E-state index < -0.39 is 0 Å². The van der Waals surface area contributed by atoms with Crippen LogP contribution in [0.4, 0.5) is 10.5 Å².